The molecule has 0 saturated carbocycles. The minimum atomic E-state index is 1.04. The summed E-state index contributed by atoms with van der Waals surface area (Å²) in [6.07, 6.45) is 18.0. The molecule has 0 aliphatic carbocycles. The average Bonchev–Trinajstić information content (AvgIpc) is 3.78. The van der Waals surface area contributed by atoms with Crippen LogP contribution in [0.2, 0.25) is 0 Å². The van der Waals surface area contributed by atoms with Crippen molar-refractivity contribution in [2.24, 2.45) is 0 Å². The van der Waals surface area contributed by atoms with Gasteiger partial charge in [-0.05, 0) is 124 Å². The summed E-state index contributed by atoms with van der Waals surface area (Å²) in [5.41, 5.74) is 15.9. The number of fused-ring (bicyclic) bond motifs is 8. The molecule has 5 rings (SSSR count). The normalized spacial score (nSPS) is 13.3. The van der Waals surface area contributed by atoms with Gasteiger partial charge in [-0.15, -0.1) is 0 Å². The van der Waals surface area contributed by atoms with Crippen molar-refractivity contribution in [3.05, 3.63) is 69.3 Å². The molecule has 2 N–H and O–H groups in total. The summed E-state index contributed by atoms with van der Waals surface area (Å²) in [6, 6.07) is 9.29. The van der Waals surface area contributed by atoms with Crippen LogP contribution in [-0.4, -0.2) is 19.9 Å². The second-order valence-corrected chi connectivity index (χ2v) is 11.9. The van der Waals surface area contributed by atoms with E-state index in [0.29, 0.717) is 0 Å². The highest BCUT2D eigenvalue weighted by Gasteiger charge is 2.19. The van der Waals surface area contributed by atoms with Crippen LogP contribution in [0.25, 0.3) is 22.1 Å². The second-order valence-electron chi connectivity index (χ2n) is 11.9. The van der Waals surface area contributed by atoms with Gasteiger partial charge in [0.15, 0.2) is 0 Å². The Hall–Kier alpha value is -2.88. The first-order valence-electron chi connectivity index (χ1n) is 16.4. The maximum Gasteiger partial charge on any atom is 0.0463 e. The smallest absolute Gasteiger partial charge is 0.0463 e. The number of nitrogens with zero attached hydrogens (tertiary/aromatic N) is 2. The van der Waals surface area contributed by atoms with E-state index in [1.807, 2.05) is 0 Å². The van der Waals surface area contributed by atoms with Crippen molar-refractivity contribution < 1.29 is 0 Å². The van der Waals surface area contributed by atoms with Crippen molar-refractivity contribution in [3.8, 4) is 0 Å². The van der Waals surface area contributed by atoms with Gasteiger partial charge in [-0.25, -0.2) is 0 Å². The number of aromatic amines is 2. The highest BCUT2D eigenvalue weighted by Crippen LogP contribution is 2.29. The molecule has 0 amide bonds. The highest BCUT2D eigenvalue weighted by molar-refractivity contribution is 5.70. The molecule has 3 aromatic rings. The van der Waals surface area contributed by atoms with Crippen molar-refractivity contribution >= 4 is 22.1 Å². The van der Waals surface area contributed by atoms with Gasteiger partial charge in [0.05, 0.1) is 0 Å². The molecular formula is C36H50N4. The molecule has 2 aliphatic heterocycles. The molecule has 8 bridgehead atoms. The summed E-state index contributed by atoms with van der Waals surface area (Å²) in [6.45, 7) is 9.16. The van der Waals surface area contributed by atoms with Crippen LogP contribution in [0.1, 0.15) is 124 Å². The topological polar surface area (TPSA) is 57.4 Å². The fourth-order valence-electron chi connectivity index (χ4n) is 6.54. The lowest BCUT2D eigenvalue weighted by molar-refractivity contribution is 0.784. The number of aryl methyl sites for hydroxylation is 8. The Kier molecular flexibility index (Phi) is 9.78. The van der Waals surface area contributed by atoms with Crippen molar-refractivity contribution in [3.63, 3.8) is 0 Å². The summed E-state index contributed by atoms with van der Waals surface area (Å²) < 4.78 is 0. The van der Waals surface area contributed by atoms with Crippen LogP contribution >= 0.6 is 0 Å². The molecule has 5 heterocycles. The molecule has 0 unspecified atom stereocenters. The fraction of sp³-hybridized carbons (Fsp3) is 0.556. The van der Waals surface area contributed by atoms with Gasteiger partial charge < -0.3 is 9.97 Å². The van der Waals surface area contributed by atoms with Crippen LogP contribution in [0.4, 0.5) is 0 Å². The summed E-state index contributed by atoms with van der Waals surface area (Å²) in [4.78, 5) is 18.6. The van der Waals surface area contributed by atoms with Crippen molar-refractivity contribution in [2.75, 3.05) is 0 Å². The van der Waals surface area contributed by atoms with Crippen molar-refractivity contribution in [2.45, 2.75) is 130 Å². The third-order valence-corrected chi connectivity index (χ3v) is 8.92. The summed E-state index contributed by atoms with van der Waals surface area (Å²) in [5, 5.41) is 0. The molecular weight excluding hydrogens is 488 g/mol. The average molecular weight is 539 g/mol. The zero-order valence-electron chi connectivity index (χ0n) is 25.5. The van der Waals surface area contributed by atoms with Crippen molar-refractivity contribution in [1.29, 1.82) is 0 Å². The lowest BCUT2D eigenvalue weighted by atomic mass is 10.0. The van der Waals surface area contributed by atoms with Crippen LogP contribution in [-0.2, 0) is 51.4 Å². The van der Waals surface area contributed by atoms with E-state index in [-0.39, 0.29) is 0 Å². The predicted molar refractivity (Wildman–Crippen MR) is 170 cm³/mol. The predicted octanol–water partition coefficient (Wildman–Crippen LogP) is 9.26. The Labute approximate surface area is 241 Å². The first kappa shape index (κ1) is 28.6. The highest BCUT2D eigenvalue weighted by atomic mass is 14.8. The standard InChI is InChI=1S/C36H50N4/c1-5-9-13-25-29-17-19-31(37-29)26(14-10-6-2)33-21-23-35(39-33)28(16-12-8-4)36-24-22-34(40-36)27(15-11-7-3)32-20-18-30(25)38-32/h17,19,22,24,37,40H,5-16,18,20-21,23H2,1-4H3. The molecule has 40 heavy (non-hydrogen) atoms. The molecule has 4 nitrogen and oxygen atoms in total. The molecule has 0 aromatic carbocycles. The third-order valence-electron chi connectivity index (χ3n) is 8.92. The van der Waals surface area contributed by atoms with Gasteiger partial charge in [0.1, 0.15) is 0 Å². The second kappa shape index (κ2) is 13.7. The molecule has 0 fully saturated rings. The SMILES string of the molecule is CCCCc1c2nc(c(CCCC)c3ccc([nH]3)c(CCCC)c3nc(c(CCCC)c4ccc1[nH]4)CC3)CC2. The van der Waals surface area contributed by atoms with E-state index in [2.05, 4.69) is 61.9 Å². The molecule has 0 atom stereocenters. The number of aromatic nitrogens is 4. The zero-order chi connectivity index (χ0) is 27.9. The summed E-state index contributed by atoms with van der Waals surface area (Å²) >= 11 is 0. The third kappa shape index (κ3) is 6.21. The molecule has 4 heteroatoms. The first-order valence-corrected chi connectivity index (χ1v) is 16.4. The summed E-state index contributed by atoms with van der Waals surface area (Å²) in [5.74, 6) is 0. The molecule has 214 valence electrons. The van der Waals surface area contributed by atoms with Gasteiger partial charge in [-0.1, -0.05) is 53.4 Å². The van der Waals surface area contributed by atoms with Gasteiger partial charge in [0.2, 0.25) is 0 Å². The minimum absolute atomic E-state index is 1.04. The Morgan fingerprint density at radius 1 is 0.450 bits per heavy atom. The first-order chi connectivity index (χ1) is 19.7. The molecule has 3 aromatic heterocycles. The van der Waals surface area contributed by atoms with E-state index in [4.69, 9.17) is 9.97 Å². The van der Waals surface area contributed by atoms with E-state index >= 15 is 0 Å². The monoisotopic (exact) mass is 538 g/mol. The van der Waals surface area contributed by atoms with Crippen LogP contribution in [0.5, 0.6) is 0 Å². The van der Waals surface area contributed by atoms with Gasteiger partial charge >= 0.3 is 0 Å². The Morgan fingerprint density at radius 3 is 0.925 bits per heavy atom. The van der Waals surface area contributed by atoms with E-state index < -0.39 is 0 Å². The number of rotatable bonds is 12. The molecule has 0 radical (unpaired) electrons. The van der Waals surface area contributed by atoms with Crippen LogP contribution in [0.15, 0.2) is 24.3 Å². The van der Waals surface area contributed by atoms with Crippen LogP contribution in [0.3, 0.4) is 0 Å². The molecule has 0 saturated heterocycles. The zero-order valence-corrected chi connectivity index (χ0v) is 25.5. The number of nitrogens with one attached hydrogen (secondary N) is 2. The van der Waals surface area contributed by atoms with E-state index in [1.165, 1.54) is 118 Å². The Morgan fingerprint density at radius 2 is 0.700 bits per heavy atom. The fourth-order valence-corrected chi connectivity index (χ4v) is 6.54. The Balaban J connectivity index is 1.86. The minimum Gasteiger partial charge on any atom is -0.355 e. The van der Waals surface area contributed by atoms with Gasteiger partial charge in [0.25, 0.3) is 0 Å². The lowest BCUT2D eigenvalue weighted by Crippen LogP contribution is -1.95. The van der Waals surface area contributed by atoms with Gasteiger partial charge in [0, 0.05) is 44.8 Å². The molecule has 0 spiro atoms. The maximum absolute atomic E-state index is 5.41. The van der Waals surface area contributed by atoms with Gasteiger partial charge in [-0.2, -0.15) is 0 Å². The molecule has 2 aliphatic rings. The summed E-state index contributed by atoms with van der Waals surface area (Å²) in [7, 11) is 0. The van der Waals surface area contributed by atoms with Crippen LogP contribution < -0.4 is 0 Å². The van der Waals surface area contributed by atoms with E-state index in [9.17, 15) is 0 Å². The lowest BCUT2D eigenvalue weighted by Gasteiger charge is -2.05. The number of unbranched alkanes of at least 4 members (excludes halogenated alkanes) is 4. The van der Waals surface area contributed by atoms with Crippen LogP contribution in [0, 0.1) is 0 Å². The Bertz CT molecular complexity index is 1240. The number of hydrogen-bond acceptors (Lipinski definition) is 2. The van der Waals surface area contributed by atoms with Crippen molar-refractivity contribution in [1.82, 2.24) is 19.9 Å². The van der Waals surface area contributed by atoms with Gasteiger partial charge in [-0.3, -0.25) is 9.97 Å². The maximum atomic E-state index is 5.41. The van der Waals surface area contributed by atoms with E-state index in [0.717, 1.165) is 51.4 Å². The van der Waals surface area contributed by atoms with E-state index in [1.54, 1.807) is 0 Å². The quantitative estimate of drug-likeness (QED) is 0.241. The number of H-pyrrole nitrogens is 2. The number of hydrogen-bond donors (Lipinski definition) is 2. The largest absolute Gasteiger partial charge is 0.355 e.